The fraction of sp³-hybridized carbons (Fsp3) is 0.519. The van der Waals surface area contributed by atoms with Gasteiger partial charge in [0.25, 0.3) is 0 Å². The lowest BCUT2D eigenvalue weighted by molar-refractivity contribution is 0.185. The molecule has 0 atom stereocenters. The van der Waals surface area contributed by atoms with Crippen LogP contribution in [-0.4, -0.2) is 76.8 Å². The highest BCUT2D eigenvalue weighted by molar-refractivity contribution is 5.77. The van der Waals surface area contributed by atoms with Crippen LogP contribution in [0.3, 0.4) is 0 Å². The first kappa shape index (κ1) is 27.1. The SMILES string of the molecule is NCCCNCCCNCCCN1CCC(n2cnc(-c3ccc(F)cc3)c2-c2ccnc(N)n2)CC1. The first-order chi connectivity index (χ1) is 18.2. The maximum atomic E-state index is 13.6. The maximum Gasteiger partial charge on any atom is 0.220 e. The summed E-state index contributed by atoms with van der Waals surface area (Å²) in [6.07, 6.45) is 8.96. The maximum absolute atomic E-state index is 13.6. The van der Waals surface area contributed by atoms with Crippen LogP contribution in [-0.2, 0) is 0 Å². The van der Waals surface area contributed by atoms with E-state index >= 15 is 0 Å². The Labute approximate surface area is 218 Å². The van der Waals surface area contributed by atoms with Gasteiger partial charge in [0, 0.05) is 30.9 Å². The van der Waals surface area contributed by atoms with Crippen molar-refractivity contribution < 1.29 is 4.39 Å². The average molecular weight is 510 g/mol. The van der Waals surface area contributed by atoms with Crippen LogP contribution in [0.4, 0.5) is 10.3 Å². The summed E-state index contributed by atoms with van der Waals surface area (Å²) in [5.74, 6) is -0.0458. The van der Waals surface area contributed by atoms with Crippen molar-refractivity contribution in [3.8, 4) is 22.6 Å². The molecule has 37 heavy (non-hydrogen) atoms. The number of piperidine rings is 1. The molecular formula is C27H40FN9. The molecular weight excluding hydrogens is 469 g/mol. The fourth-order valence-corrected chi connectivity index (χ4v) is 4.88. The summed E-state index contributed by atoms with van der Waals surface area (Å²) >= 11 is 0. The van der Waals surface area contributed by atoms with Gasteiger partial charge in [-0.05, 0) is 102 Å². The summed E-state index contributed by atoms with van der Waals surface area (Å²) in [4.78, 5) is 15.8. The molecule has 1 aliphatic heterocycles. The van der Waals surface area contributed by atoms with Gasteiger partial charge in [-0.25, -0.2) is 19.3 Å². The number of rotatable bonds is 14. The highest BCUT2D eigenvalue weighted by atomic mass is 19.1. The number of aromatic nitrogens is 4. The molecule has 0 amide bonds. The number of anilines is 1. The molecule has 0 aliphatic carbocycles. The van der Waals surface area contributed by atoms with Crippen LogP contribution in [0.15, 0.2) is 42.9 Å². The number of nitrogens with zero attached hydrogens (tertiary/aromatic N) is 5. The van der Waals surface area contributed by atoms with Gasteiger partial charge in [-0.1, -0.05) is 0 Å². The lowest BCUT2D eigenvalue weighted by Crippen LogP contribution is -2.36. The van der Waals surface area contributed by atoms with Crippen molar-refractivity contribution >= 4 is 5.95 Å². The predicted molar refractivity (Wildman–Crippen MR) is 146 cm³/mol. The van der Waals surface area contributed by atoms with Crippen LogP contribution in [0, 0.1) is 5.82 Å². The molecule has 0 unspecified atom stereocenters. The Bertz CT molecular complexity index is 1080. The van der Waals surface area contributed by atoms with Gasteiger partial charge in [0.2, 0.25) is 5.95 Å². The van der Waals surface area contributed by atoms with Crippen molar-refractivity contribution in [3.63, 3.8) is 0 Å². The van der Waals surface area contributed by atoms with Gasteiger partial charge in [0.15, 0.2) is 0 Å². The molecule has 0 radical (unpaired) electrons. The molecule has 1 aliphatic rings. The van der Waals surface area contributed by atoms with E-state index in [2.05, 4.69) is 30.1 Å². The van der Waals surface area contributed by atoms with Crippen LogP contribution in [0.25, 0.3) is 22.6 Å². The van der Waals surface area contributed by atoms with Gasteiger partial charge in [-0.15, -0.1) is 0 Å². The summed E-state index contributed by atoms with van der Waals surface area (Å²) in [5.41, 5.74) is 14.7. The Morgan fingerprint density at radius 3 is 2.32 bits per heavy atom. The van der Waals surface area contributed by atoms with Crippen molar-refractivity contribution in [2.24, 2.45) is 5.73 Å². The number of hydrogen-bond donors (Lipinski definition) is 4. The van der Waals surface area contributed by atoms with Crippen molar-refractivity contribution in [2.45, 2.75) is 38.1 Å². The molecule has 6 N–H and O–H groups in total. The van der Waals surface area contributed by atoms with Crippen molar-refractivity contribution in [3.05, 3.63) is 48.7 Å². The predicted octanol–water partition coefficient (Wildman–Crippen LogP) is 2.67. The molecule has 4 rings (SSSR count). The number of halogens is 1. The fourth-order valence-electron chi connectivity index (χ4n) is 4.88. The van der Waals surface area contributed by atoms with Gasteiger partial charge in [0.05, 0.1) is 23.4 Å². The number of nitrogens with two attached hydrogens (primary N) is 2. The zero-order valence-corrected chi connectivity index (χ0v) is 21.6. The Morgan fingerprint density at radius 2 is 1.62 bits per heavy atom. The van der Waals surface area contributed by atoms with E-state index in [9.17, 15) is 4.39 Å². The summed E-state index contributed by atoms with van der Waals surface area (Å²) in [5, 5.41) is 6.97. The molecule has 0 bridgehead atoms. The number of hydrogen-bond acceptors (Lipinski definition) is 8. The largest absolute Gasteiger partial charge is 0.368 e. The normalized spacial score (nSPS) is 14.9. The minimum atomic E-state index is -0.270. The minimum Gasteiger partial charge on any atom is -0.368 e. The minimum absolute atomic E-state index is 0.224. The van der Waals surface area contributed by atoms with E-state index in [0.717, 1.165) is 107 Å². The number of nitrogens with one attached hydrogen (secondary N) is 2. The van der Waals surface area contributed by atoms with Crippen LogP contribution in [0.5, 0.6) is 0 Å². The van der Waals surface area contributed by atoms with E-state index in [4.69, 9.17) is 16.5 Å². The van der Waals surface area contributed by atoms with Crippen molar-refractivity contribution in [1.82, 2.24) is 35.1 Å². The lowest BCUT2D eigenvalue weighted by atomic mass is 10.0. The first-order valence-corrected chi connectivity index (χ1v) is 13.4. The zero-order chi connectivity index (χ0) is 25.9. The van der Waals surface area contributed by atoms with Crippen LogP contribution >= 0.6 is 0 Å². The lowest BCUT2D eigenvalue weighted by Gasteiger charge is -2.33. The van der Waals surface area contributed by atoms with Crippen LogP contribution in [0.1, 0.15) is 38.1 Å². The molecule has 9 nitrogen and oxygen atoms in total. The summed E-state index contributed by atoms with van der Waals surface area (Å²) < 4.78 is 15.8. The van der Waals surface area contributed by atoms with Crippen LogP contribution < -0.4 is 22.1 Å². The standard InChI is InChI=1S/C27H40FN9/c28-22-6-4-21(5-7-22)25-26(24-8-16-33-27(30)35-24)37(20-34-25)23-9-18-36(19-10-23)17-3-15-32-14-2-13-31-12-1-11-29/h4-8,16,20,23,31-32H,1-3,9-15,17-19,29H2,(H2,30,33,35). The second-order valence-electron chi connectivity index (χ2n) is 9.58. The average Bonchev–Trinajstić information content (AvgIpc) is 3.36. The van der Waals surface area contributed by atoms with Gasteiger partial charge in [-0.3, -0.25) is 0 Å². The third-order valence-electron chi connectivity index (χ3n) is 6.87. The molecule has 2 aromatic heterocycles. The second kappa shape index (κ2) is 14.1. The smallest absolute Gasteiger partial charge is 0.220 e. The number of likely N-dealkylation sites (tertiary alicyclic amines) is 1. The van der Waals surface area contributed by atoms with Gasteiger partial charge < -0.3 is 31.6 Å². The van der Waals surface area contributed by atoms with E-state index in [1.165, 1.54) is 12.1 Å². The van der Waals surface area contributed by atoms with E-state index in [1.807, 2.05) is 12.4 Å². The number of nitrogen functional groups attached to an aromatic ring is 1. The molecule has 0 spiro atoms. The van der Waals surface area contributed by atoms with Gasteiger partial charge in [-0.2, -0.15) is 0 Å². The number of imidazole rings is 1. The Hall–Kier alpha value is -2.92. The van der Waals surface area contributed by atoms with Crippen molar-refractivity contribution in [1.29, 1.82) is 0 Å². The molecule has 1 saturated heterocycles. The molecule has 10 heteroatoms. The van der Waals surface area contributed by atoms with E-state index in [-0.39, 0.29) is 11.8 Å². The highest BCUT2D eigenvalue weighted by Crippen LogP contribution is 2.35. The zero-order valence-electron chi connectivity index (χ0n) is 21.6. The van der Waals surface area contributed by atoms with Crippen molar-refractivity contribution in [2.75, 3.05) is 58.1 Å². The highest BCUT2D eigenvalue weighted by Gasteiger charge is 2.25. The van der Waals surface area contributed by atoms with E-state index in [0.29, 0.717) is 6.04 Å². The number of benzene rings is 1. The van der Waals surface area contributed by atoms with Gasteiger partial charge >= 0.3 is 0 Å². The molecule has 3 heterocycles. The van der Waals surface area contributed by atoms with Crippen LogP contribution in [0.2, 0.25) is 0 Å². The Balaban J connectivity index is 1.30. The third kappa shape index (κ3) is 7.78. The van der Waals surface area contributed by atoms with E-state index < -0.39 is 0 Å². The summed E-state index contributed by atoms with van der Waals surface area (Å²) in [6.45, 7) is 8.09. The third-order valence-corrected chi connectivity index (χ3v) is 6.87. The van der Waals surface area contributed by atoms with E-state index in [1.54, 1.807) is 18.3 Å². The Morgan fingerprint density at radius 1 is 0.919 bits per heavy atom. The first-order valence-electron chi connectivity index (χ1n) is 13.4. The second-order valence-corrected chi connectivity index (χ2v) is 9.58. The molecule has 200 valence electrons. The Kier molecular flexibility index (Phi) is 10.4. The quantitative estimate of drug-likeness (QED) is 0.245. The van der Waals surface area contributed by atoms with Gasteiger partial charge in [0.1, 0.15) is 5.82 Å². The molecule has 3 aromatic rings. The topological polar surface area (TPSA) is 123 Å². The molecule has 1 fully saturated rings. The molecule has 0 saturated carbocycles. The summed E-state index contributed by atoms with van der Waals surface area (Å²) in [6, 6.07) is 8.60. The molecule has 1 aromatic carbocycles. The monoisotopic (exact) mass is 509 g/mol. The summed E-state index contributed by atoms with van der Waals surface area (Å²) in [7, 11) is 0.